The smallest absolute Gasteiger partial charge is 0.108 e. The molecule has 20 heavy (non-hydrogen) atoms. The van der Waals surface area contributed by atoms with Gasteiger partial charge in [-0.3, -0.25) is 4.99 Å². The van der Waals surface area contributed by atoms with Crippen molar-refractivity contribution in [2.24, 2.45) is 15.9 Å². The van der Waals surface area contributed by atoms with Crippen molar-refractivity contribution in [2.45, 2.75) is 39.2 Å². The van der Waals surface area contributed by atoms with E-state index in [1.807, 2.05) is 6.07 Å². The van der Waals surface area contributed by atoms with Gasteiger partial charge >= 0.3 is 0 Å². The van der Waals surface area contributed by atoms with Gasteiger partial charge < -0.3 is 10.6 Å². The minimum absolute atomic E-state index is 0.248. The normalized spacial score (nSPS) is 20.5. The number of hydrogen-bond acceptors (Lipinski definition) is 4. The Labute approximate surface area is 120 Å². The quantitative estimate of drug-likeness (QED) is 0.521. The van der Waals surface area contributed by atoms with E-state index in [9.17, 15) is 0 Å². The maximum absolute atomic E-state index is 5.65. The predicted molar refractivity (Wildman–Crippen MR) is 83.6 cm³/mol. The van der Waals surface area contributed by atoms with Crippen molar-refractivity contribution in [3.63, 3.8) is 0 Å². The summed E-state index contributed by atoms with van der Waals surface area (Å²) in [4.78, 5) is 4.45. The molecule has 0 saturated carbocycles. The average molecular weight is 273 g/mol. The molecule has 0 aliphatic carbocycles. The summed E-state index contributed by atoms with van der Waals surface area (Å²) >= 11 is 0. The highest BCUT2D eigenvalue weighted by Gasteiger charge is 2.12. The molecule has 1 aliphatic heterocycles. The second-order valence-corrected chi connectivity index (χ2v) is 5.32. The maximum Gasteiger partial charge on any atom is 0.108 e. The van der Waals surface area contributed by atoms with Crippen LogP contribution in [0.2, 0.25) is 0 Å². The van der Waals surface area contributed by atoms with E-state index in [2.05, 4.69) is 36.1 Å². The molecule has 1 fully saturated rings. The van der Waals surface area contributed by atoms with Crippen LogP contribution in [0.4, 0.5) is 0 Å². The molecule has 1 atom stereocenters. The van der Waals surface area contributed by atoms with E-state index in [-0.39, 0.29) is 6.10 Å². The van der Waals surface area contributed by atoms with E-state index >= 15 is 0 Å². The van der Waals surface area contributed by atoms with Gasteiger partial charge in [0.05, 0.1) is 12.6 Å². The second kappa shape index (κ2) is 7.20. The molecule has 2 N–H and O–H groups in total. The van der Waals surface area contributed by atoms with E-state index in [1.54, 1.807) is 6.21 Å². The summed E-state index contributed by atoms with van der Waals surface area (Å²) in [5, 5.41) is 3.86. The lowest BCUT2D eigenvalue weighted by atomic mass is 10.0. The maximum atomic E-state index is 5.65. The SMILES string of the molecule is Cc1ccc(/C(C=NCC2CCCCO2)=N/N)c(C)c1. The summed E-state index contributed by atoms with van der Waals surface area (Å²) in [6.07, 6.45) is 5.50. The Bertz CT molecular complexity index is 502. The number of nitrogens with zero attached hydrogens (tertiary/aromatic N) is 2. The molecular formula is C16H23N3O. The van der Waals surface area contributed by atoms with Crippen LogP contribution in [0.1, 0.15) is 36.0 Å². The Balaban J connectivity index is 2.01. The molecule has 0 aromatic heterocycles. The Morgan fingerprint density at radius 3 is 2.90 bits per heavy atom. The highest BCUT2D eigenvalue weighted by molar-refractivity contribution is 6.38. The largest absolute Gasteiger partial charge is 0.376 e. The minimum atomic E-state index is 0.248. The molecule has 0 amide bonds. The third-order valence-corrected chi connectivity index (χ3v) is 3.59. The van der Waals surface area contributed by atoms with Gasteiger partial charge in [-0.25, -0.2) is 0 Å². The van der Waals surface area contributed by atoms with Gasteiger partial charge in [-0.15, -0.1) is 0 Å². The van der Waals surface area contributed by atoms with E-state index in [0.29, 0.717) is 6.54 Å². The van der Waals surface area contributed by atoms with Crippen molar-refractivity contribution in [3.05, 3.63) is 34.9 Å². The van der Waals surface area contributed by atoms with E-state index < -0.39 is 0 Å². The topological polar surface area (TPSA) is 60.0 Å². The lowest BCUT2D eigenvalue weighted by molar-refractivity contribution is 0.0226. The van der Waals surface area contributed by atoms with Crippen LogP contribution in [0.25, 0.3) is 0 Å². The number of rotatable bonds is 4. The lowest BCUT2D eigenvalue weighted by Gasteiger charge is -2.20. The van der Waals surface area contributed by atoms with Gasteiger partial charge in [-0.05, 0) is 38.7 Å². The van der Waals surface area contributed by atoms with Gasteiger partial charge in [0.25, 0.3) is 0 Å². The Hall–Kier alpha value is -1.68. The van der Waals surface area contributed by atoms with E-state index in [0.717, 1.165) is 36.3 Å². The lowest BCUT2D eigenvalue weighted by Crippen LogP contribution is -2.22. The van der Waals surface area contributed by atoms with Gasteiger partial charge in [0.2, 0.25) is 0 Å². The molecule has 0 bridgehead atoms. The first kappa shape index (κ1) is 14.7. The molecule has 0 spiro atoms. The van der Waals surface area contributed by atoms with Crippen LogP contribution >= 0.6 is 0 Å². The number of ether oxygens (including phenoxy) is 1. The number of hydrazone groups is 1. The molecule has 108 valence electrons. The van der Waals surface area contributed by atoms with Gasteiger partial charge in [0.1, 0.15) is 5.71 Å². The zero-order valence-corrected chi connectivity index (χ0v) is 12.3. The molecule has 4 heteroatoms. The summed E-state index contributed by atoms with van der Waals surface area (Å²) in [5.74, 6) is 5.50. The number of aryl methyl sites for hydroxylation is 2. The Morgan fingerprint density at radius 2 is 2.25 bits per heavy atom. The minimum Gasteiger partial charge on any atom is -0.376 e. The number of aliphatic imine (C=N–C) groups is 1. The van der Waals surface area contributed by atoms with E-state index in [1.165, 1.54) is 12.0 Å². The van der Waals surface area contributed by atoms with Crippen molar-refractivity contribution in [3.8, 4) is 0 Å². The summed E-state index contributed by atoms with van der Waals surface area (Å²) in [5.41, 5.74) is 4.15. The summed E-state index contributed by atoms with van der Waals surface area (Å²) in [7, 11) is 0. The fourth-order valence-corrected chi connectivity index (χ4v) is 2.48. The molecule has 2 rings (SSSR count). The van der Waals surface area contributed by atoms with Crippen molar-refractivity contribution in [1.82, 2.24) is 0 Å². The zero-order chi connectivity index (χ0) is 14.4. The number of hydrogen-bond donors (Lipinski definition) is 1. The molecule has 1 aromatic rings. The second-order valence-electron chi connectivity index (χ2n) is 5.32. The molecule has 1 aliphatic rings. The van der Waals surface area contributed by atoms with Gasteiger partial charge in [0.15, 0.2) is 0 Å². The first-order valence-electron chi connectivity index (χ1n) is 7.17. The third kappa shape index (κ3) is 3.90. The van der Waals surface area contributed by atoms with Crippen LogP contribution < -0.4 is 5.84 Å². The first-order valence-corrected chi connectivity index (χ1v) is 7.17. The Morgan fingerprint density at radius 1 is 1.40 bits per heavy atom. The monoisotopic (exact) mass is 273 g/mol. The van der Waals surface area contributed by atoms with Crippen molar-refractivity contribution in [1.29, 1.82) is 0 Å². The molecule has 0 radical (unpaired) electrons. The molecule has 4 nitrogen and oxygen atoms in total. The molecule has 1 saturated heterocycles. The van der Waals surface area contributed by atoms with Crippen molar-refractivity contribution >= 4 is 11.9 Å². The van der Waals surface area contributed by atoms with Crippen LogP contribution in [0.5, 0.6) is 0 Å². The van der Waals surface area contributed by atoms with Gasteiger partial charge in [-0.2, -0.15) is 5.10 Å². The predicted octanol–water partition coefficient (Wildman–Crippen LogP) is 2.61. The van der Waals surface area contributed by atoms with Crippen molar-refractivity contribution in [2.75, 3.05) is 13.2 Å². The van der Waals surface area contributed by atoms with E-state index in [4.69, 9.17) is 10.6 Å². The first-order chi connectivity index (χ1) is 9.70. The summed E-state index contributed by atoms with van der Waals surface area (Å²) in [6, 6.07) is 6.23. The average Bonchev–Trinajstić information content (AvgIpc) is 2.46. The molecule has 1 heterocycles. The number of nitrogens with two attached hydrogens (primary N) is 1. The van der Waals surface area contributed by atoms with Gasteiger partial charge in [0, 0.05) is 18.4 Å². The Kier molecular flexibility index (Phi) is 5.30. The fourth-order valence-electron chi connectivity index (χ4n) is 2.48. The summed E-state index contributed by atoms with van der Waals surface area (Å²) in [6.45, 7) is 5.68. The van der Waals surface area contributed by atoms with Crippen LogP contribution in [0.3, 0.4) is 0 Å². The zero-order valence-electron chi connectivity index (χ0n) is 12.3. The van der Waals surface area contributed by atoms with Gasteiger partial charge in [-0.1, -0.05) is 23.8 Å². The van der Waals surface area contributed by atoms with Crippen LogP contribution in [0, 0.1) is 13.8 Å². The van der Waals surface area contributed by atoms with Crippen LogP contribution in [0.15, 0.2) is 28.3 Å². The standard InChI is InChI=1S/C16H23N3O/c1-12-6-7-15(13(2)9-12)16(19-17)11-18-10-14-5-3-4-8-20-14/h6-7,9,11,14H,3-5,8,10,17H2,1-2H3/b18-11?,19-16+. The molecule has 1 unspecified atom stereocenters. The number of benzene rings is 1. The fraction of sp³-hybridized carbons (Fsp3) is 0.500. The molecular weight excluding hydrogens is 250 g/mol. The highest BCUT2D eigenvalue weighted by Crippen LogP contribution is 2.13. The van der Waals surface area contributed by atoms with Crippen LogP contribution in [-0.4, -0.2) is 31.2 Å². The summed E-state index contributed by atoms with van der Waals surface area (Å²) < 4.78 is 5.65. The highest BCUT2D eigenvalue weighted by atomic mass is 16.5. The third-order valence-electron chi connectivity index (χ3n) is 3.59. The van der Waals surface area contributed by atoms with Crippen molar-refractivity contribution < 1.29 is 4.74 Å². The van der Waals surface area contributed by atoms with Crippen LogP contribution in [-0.2, 0) is 4.74 Å². The molecule has 1 aromatic carbocycles.